The average Bonchev–Trinajstić information content (AvgIpc) is 2.46. The van der Waals surface area contributed by atoms with E-state index >= 15 is 0 Å². The average molecular weight is 216 g/mol. The van der Waals surface area contributed by atoms with Crippen LogP contribution in [-0.4, -0.2) is 40.9 Å². The second-order valence-corrected chi connectivity index (χ2v) is 4.62. The van der Waals surface area contributed by atoms with Crippen LogP contribution in [0, 0.1) is 0 Å². The summed E-state index contributed by atoms with van der Waals surface area (Å²) in [4.78, 5) is 24.2. The lowest BCUT2D eigenvalue weighted by Gasteiger charge is -2.14. The van der Waals surface area contributed by atoms with Crippen molar-refractivity contribution in [1.29, 1.82) is 0 Å². The van der Waals surface area contributed by atoms with Gasteiger partial charge in [-0.25, -0.2) is 0 Å². The predicted molar refractivity (Wildman–Crippen MR) is 57.3 cm³/mol. The number of thioether (sulfide) groups is 1. The Morgan fingerprint density at radius 1 is 1.64 bits per heavy atom. The summed E-state index contributed by atoms with van der Waals surface area (Å²) < 4.78 is 0. The first-order valence-corrected chi connectivity index (χ1v) is 5.79. The summed E-state index contributed by atoms with van der Waals surface area (Å²) in [6.45, 7) is 5.17. The van der Waals surface area contributed by atoms with Crippen molar-refractivity contribution in [3.8, 4) is 0 Å². The molecule has 0 atom stereocenters. The molecule has 0 bridgehead atoms. The van der Waals surface area contributed by atoms with Crippen LogP contribution < -0.4 is 5.32 Å². The molecule has 0 spiro atoms. The number of carbonyl (C=O) groups excluding carboxylic acids is 2. The molecule has 0 saturated carbocycles. The maximum absolute atomic E-state index is 11.3. The van der Waals surface area contributed by atoms with E-state index in [0.29, 0.717) is 13.0 Å². The smallest absolute Gasteiger partial charge is 0.281 e. The van der Waals surface area contributed by atoms with Gasteiger partial charge in [0.2, 0.25) is 5.91 Å². The van der Waals surface area contributed by atoms with Gasteiger partial charge in [0.15, 0.2) is 0 Å². The van der Waals surface area contributed by atoms with E-state index < -0.39 is 0 Å². The first-order chi connectivity index (χ1) is 6.59. The zero-order valence-corrected chi connectivity index (χ0v) is 9.39. The van der Waals surface area contributed by atoms with Crippen molar-refractivity contribution in [1.82, 2.24) is 10.2 Å². The van der Waals surface area contributed by atoms with E-state index in [1.54, 1.807) is 4.90 Å². The quantitative estimate of drug-likeness (QED) is 0.764. The van der Waals surface area contributed by atoms with Gasteiger partial charge in [-0.2, -0.15) is 0 Å². The molecule has 0 aliphatic carbocycles. The van der Waals surface area contributed by atoms with Crippen LogP contribution in [0.1, 0.15) is 20.3 Å². The van der Waals surface area contributed by atoms with Gasteiger partial charge in [0.1, 0.15) is 0 Å². The molecule has 14 heavy (non-hydrogen) atoms. The van der Waals surface area contributed by atoms with Gasteiger partial charge < -0.3 is 10.2 Å². The van der Waals surface area contributed by atoms with Gasteiger partial charge in [0.25, 0.3) is 5.24 Å². The van der Waals surface area contributed by atoms with Crippen LogP contribution in [0.4, 0.5) is 4.79 Å². The minimum absolute atomic E-state index is 0.0182. The Labute approximate surface area is 88.4 Å². The fraction of sp³-hybridized carbons (Fsp3) is 0.778. The number of rotatable bonds is 4. The summed E-state index contributed by atoms with van der Waals surface area (Å²) in [7, 11) is 0. The molecule has 1 rings (SSSR count). The van der Waals surface area contributed by atoms with Crippen LogP contribution in [0.3, 0.4) is 0 Å². The second kappa shape index (κ2) is 5.24. The highest BCUT2D eigenvalue weighted by Gasteiger charge is 2.21. The fourth-order valence-electron chi connectivity index (χ4n) is 1.26. The first kappa shape index (κ1) is 11.4. The summed E-state index contributed by atoms with van der Waals surface area (Å²) in [5.41, 5.74) is 0. The van der Waals surface area contributed by atoms with Crippen LogP contribution >= 0.6 is 11.8 Å². The van der Waals surface area contributed by atoms with Crippen LogP contribution in [0.2, 0.25) is 0 Å². The highest BCUT2D eigenvalue weighted by Crippen LogP contribution is 2.16. The van der Waals surface area contributed by atoms with Crippen LogP contribution in [0.15, 0.2) is 0 Å². The summed E-state index contributed by atoms with van der Waals surface area (Å²) >= 11 is 1.33. The van der Waals surface area contributed by atoms with Crippen molar-refractivity contribution < 1.29 is 9.59 Å². The molecule has 0 unspecified atom stereocenters. The van der Waals surface area contributed by atoms with Crippen LogP contribution in [0.25, 0.3) is 0 Å². The maximum atomic E-state index is 11.3. The number of carbonyl (C=O) groups is 2. The third kappa shape index (κ3) is 3.57. The molecule has 0 aromatic heterocycles. The number of nitrogens with one attached hydrogen (secondary N) is 1. The molecule has 5 heteroatoms. The number of hydrogen-bond acceptors (Lipinski definition) is 3. The van der Waals surface area contributed by atoms with Gasteiger partial charge in [-0.1, -0.05) is 11.8 Å². The first-order valence-electron chi connectivity index (χ1n) is 4.80. The molecule has 1 N–H and O–H groups in total. The van der Waals surface area contributed by atoms with E-state index in [1.807, 2.05) is 13.8 Å². The van der Waals surface area contributed by atoms with Crippen LogP contribution in [0.5, 0.6) is 0 Å². The lowest BCUT2D eigenvalue weighted by molar-refractivity contribution is -0.121. The van der Waals surface area contributed by atoms with Crippen molar-refractivity contribution in [3.05, 3.63) is 0 Å². The minimum Gasteiger partial charge on any atom is -0.354 e. The maximum Gasteiger partial charge on any atom is 0.281 e. The third-order valence-electron chi connectivity index (χ3n) is 1.90. The molecule has 1 aliphatic rings. The number of nitrogens with zero attached hydrogens (tertiary/aromatic N) is 1. The predicted octanol–water partition coefficient (Wildman–Crippen LogP) is 1.07. The van der Waals surface area contributed by atoms with E-state index in [-0.39, 0.29) is 17.2 Å². The molecule has 1 heterocycles. The van der Waals surface area contributed by atoms with Gasteiger partial charge >= 0.3 is 0 Å². The van der Waals surface area contributed by atoms with Crippen LogP contribution in [-0.2, 0) is 4.79 Å². The Morgan fingerprint density at radius 3 is 2.86 bits per heavy atom. The number of hydrogen-bond donors (Lipinski definition) is 1. The standard InChI is InChI=1S/C9H16N2O2S/c1-7(2)10-8(12)3-4-11-5-6-14-9(11)13/h7H,3-6H2,1-2H3,(H,10,12). The molecule has 0 aromatic rings. The Kier molecular flexibility index (Phi) is 4.25. The molecular weight excluding hydrogens is 200 g/mol. The molecule has 1 aliphatic heterocycles. The highest BCUT2D eigenvalue weighted by atomic mass is 32.2. The van der Waals surface area contributed by atoms with Crippen molar-refractivity contribution >= 4 is 22.9 Å². The minimum atomic E-state index is 0.0182. The Morgan fingerprint density at radius 2 is 2.36 bits per heavy atom. The molecule has 0 radical (unpaired) electrons. The summed E-state index contributed by atoms with van der Waals surface area (Å²) in [5, 5.41) is 2.90. The van der Waals surface area contributed by atoms with E-state index in [1.165, 1.54) is 11.8 Å². The van der Waals surface area contributed by atoms with Crippen molar-refractivity contribution in [2.45, 2.75) is 26.3 Å². The van der Waals surface area contributed by atoms with E-state index in [2.05, 4.69) is 5.32 Å². The second-order valence-electron chi connectivity index (χ2n) is 3.57. The largest absolute Gasteiger partial charge is 0.354 e. The molecule has 2 amide bonds. The third-order valence-corrected chi connectivity index (χ3v) is 2.80. The van der Waals surface area contributed by atoms with Crippen molar-refractivity contribution in [2.24, 2.45) is 0 Å². The van der Waals surface area contributed by atoms with Crippen molar-refractivity contribution in [3.63, 3.8) is 0 Å². The highest BCUT2D eigenvalue weighted by molar-refractivity contribution is 8.13. The Hall–Kier alpha value is -0.710. The van der Waals surface area contributed by atoms with E-state index in [9.17, 15) is 9.59 Å². The van der Waals surface area contributed by atoms with Crippen molar-refractivity contribution in [2.75, 3.05) is 18.8 Å². The molecule has 1 fully saturated rings. The summed E-state index contributed by atoms with van der Waals surface area (Å²) in [6, 6.07) is 0.172. The molecule has 80 valence electrons. The lowest BCUT2D eigenvalue weighted by Crippen LogP contribution is -2.34. The Bertz CT molecular complexity index is 231. The molecule has 4 nitrogen and oxygen atoms in total. The SMILES string of the molecule is CC(C)NC(=O)CCN1CCSC1=O. The monoisotopic (exact) mass is 216 g/mol. The van der Waals surface area contributed by atoms with Gasteiger partial charge in [-0.05, 0) is 13.8 Å². The van der Waals surface area contributed by atoms with Gasteiger partial charge in [-0.15, -0.1) is 0 Å². The molecule has 0 aromatic carbocycles. The normalized spacial score (nSPS) is 16.5. The molecule has 1 saturated heterocycles. The zero-order chi connectivity index (χ0) is 10.6. The molecular formula is C9H16N2O2S. The summed E-state index contributed by atoms with van der Waals surface area (Å²) in [6.07, 6.45) is 0.407. The summed E-state index contributed by atoms with van der Waals surface area (Å²) in [5.74, 6) is 0.870. The Balaban J connectivity index is 2.19. The fourth-order valence-corrected chi connectivity index (χ4v) is 2.11. The zero-order valence-electron chi connectivity index (χ0n) is 8.58. The topological polar surface area (TPSA) is 49.4 Å². The van der Waals surface area contributed by atoms with Gasteiger partial charge in [0, 0.05) is 31.3 Å². The lowest BCUT2D eigenvalue weighted by atomic mass is 10.3. The van der Waals surface area contributed by atoms with E-state index in [4.69, 9.17) is 0 Å². The van der Waals surface area contributed by atoms with Gasteiger partial charge in [0.05, 0.1) is 0 Å². The van der Waals surface area contributed by atoms with Gasteiger partial charge in [-0.3, -0.25) is 9.59 Å². The van der Waals surface area contributed by atoms with E-state index in [0.717, 1.165) is 12.3 Å². The number of amides is 2.